The van der Waals surface area contributed by atoms with Gasteiger partial charge in [0.25, 0.3) is 0 Å². The Morgan fingerprint density at radius 2 is 2.22 bits per heavy atom. The van der Waals surface area contributed by atoms with Gasteiger partial charge in [0.15, 0.2) is 6.04 Å². The predicted octanol–water partition coefficient (Wildman–Crippen LogP) is 3.69. The third kappa shape index (κ3) is 3.45. The van der Waals surface area contributed by atoms with Crippen molar-refractivity contribution >= 4 is 22.7 Å². The fraction of sp³-hybridized carbons (Fsp3) is 0.588. The van der Waals surface area contributed by atoms with Crippen LogP contribution in [0, 0.1) is 17.2 Å². The number of nitriles is 1. The third-order valence-electron chi connectivity index (χ3n) is 4.26. The molecule has 0 fully saturated rings. The minimum Gasteiger partial charge on any atom is -0.466 e. The zero-order valence-electron chi connectivity index (χ0n) is 14.0. The van der Waals surface area contributed by atoms with Crippen LogP contribution in [-0.4, -0.2) is 21.7 Å². The molecule has 1 N–H and O–H groups in total. The third-order valence-corrected chi connectivity index (χ3v) is 5.95. The number of nitrogens with one attached hydrogen (secondary N) is 1. The molecule has 124 valence electrons. The van der Waals surface area contributed by atoms with Gasteiger partial charge in [-0.25, -0.2) is 0 Å². The lowest BCUT2D eigenvalue weighted by Crippen LogP contribution is -2.46. The van der Waals surface area contributed by atoms with Crippen LogP contribution in [0.15, 0.2) is 27.8 Å². The van der Waals surface area contributed by atoms with Crippen LogP contribution in [0.2, 0.25) is 0 Å². The summed E-state index contributed by atoms with van der Waals surface area (Å²) < 4.78 is 5.24. The van der Waals surface area contributed by atoms with E-state index < -0.39 is 11.6 Å². The highest BCUT2D eigenvalue weighted by atomic mass is 32.2. The Morgan fingerprint density at radius 1 is 1.52 bits per heavy atom. The van der Waals surface area contributed by atoms with E-state index in [0.29, 0.717) is 11.7 Å². The van der Waals surface area contributed by atoms with Crippen LogP contribution in [-0.2, 0) is 4.79 Å². The maximum Gasteiger partial charge on any atom is 0.237 e. The smallest absolute Gasteiger partial charge is 0.237 e. The Kier molecular flexibility index (Phi) is 5.53. The summed E-state index contributed by atoms with van der Waals surface area (Å²) in [5, 5.41) is 12.8. The lowest BCUT2D eigenvalue weighted by atomic mass is 9.88. The van der Waals surface area contributed by atoms with Crippen molar-refractivity contribution in [2.45, 2.75) is 57.4 Å². The number of carbonyl (C=O) groups excluding carboxylic acids is 1. The molecule has 2 heterocycles. The number of amides is 1. The molecule has 5 nitrogen and oxygen atoms in total. The standard InChI is InChI=1S/C17H23N3O2S/c1-5-17(6-2)14(23-16(20-17)11(3)4)15(21)19-12(10-18)13-8-7-9-22-13/h7-9,11-12,14H,5-6H2,1-4H3,(H,19,21). The predicted molar refractivity (Wildman–Crippen MR) is 92.2 cm³/mol. The molecule has 23 heavy (non-hydrogen) atoms. The molecule has 0 saturated heterocycles. The number of hydrogen-bond donors (Lipinski definition) is 1. The number of hydrogen-bond acceptors (Lipinski definition) is 5. The Morgan fingerprint density at radius 3 is 2.70 bits per heavy atom. The van der Waals surface area contributed by atoms with Crippen molar-refractivity contribution in [2.75, 3.05) is 0 Å². The van der Waals surface area contributed by atoms with E-state index in [9.17, 15) is 10.1 Å². The molecule has 1 aromatic rings. The molecule has 0 saturated carbocycles. The maximum absolute atomic E-state index is 12.8. The zero-order valence-corrected chi connectivity index (χ0v) is 14.8. The zero-order chi connectivity index (χ0) is 17.0. The van der Waals surface area contributed by atoms with E-state index in [1.54, 1.807) is 12.1 Å². The first-order valence-corrected chi connectivity index (χ1v) is 8.85. The van der Waals surface area contributed by atoms with Gasteiger partial charge in [0.1, 0.15) is 11.0 Å². The molecule has 1 aliphatic heterocycles. The quantitative estimate of drug-likeness (QED) is 0.861. The summed E-state index contributed by atoms with van der Waals surface area (Å²) >= 11 is 1.53. The molecule has 0 aromatic carbocycles. The van der Waals surface area contributed by atoms with Crippen molar-refractivity contribution < 1.29 is 9.21 Å². The first kappa shape index (κ1) is 17.6. The van der Waals surface area contributed by atoms with Crippen molar-refractivity contribution in [2.24, 2.45) is 10.9 Å². The molecule has 1 amide bonds. The molecular weight excluding hydrogens is 310 g/mol. The van der Waals surface area contributed by atoms with Crippen molar-refractivity contribution in [1.82, 2.24) is 5.32 Å². The van der Waals surface area contributed by atoms with E-state index >= 15 is 0 Å². The SMILES string of the molecule is CCC1(CC)N=C(C(C)C)SC1C(=O)NC(C#N)c1ccco1. The highest BCUT2D eigenvalue weighted by molar-refractivity contribution is 8.15. The molecule has 6 heteroatoms. The van der Waals surface area contributed by atoms with Gasteiger partial charge in [0.2, 0.25) is 5.91 Å². The van der Waals surface area contributed by atoms with E-state index in [0.717, 1.165) is 17.9 Å². The van der Waals surface area contributed by atoms with E-state index in [-0.39, 0.29) is 11.2 Å². The van der Waals surface area contributed by atoms with Crippen molar-refractivity contribution in [3.63, 3.8) is 0 Å². The minimum absolute atomic E-state index is 0.152. The lowest BCUT2D eigenvalue weighted by Gasteiger charge is -2.29. The van der Waals surface area contributed by atoms with Crippen molar-refractivity contribution in [3.8, 4) is 6.07 Å². The van der Waals surface area contributed by atoms with Crippen molar-refractivity contribution in [1.29, 1.82) is 5.26 Å². The van der Waals surface area contributed by atoms with Gasteiger partial charge >= 0.3 is 0 Å². The fourth-order valence-corrected chi connectivity index (χ4v) is 4.25. The van der Waals surface area contributed by atoms with Gasteiger partial charge in [-0.05, 0) is 25.0 Å². The summed E-state index contributed by atoms with van der Waals surface area (Å²) in [5.74, 6) is 0.598. The Balaban J connectivity index is 2.20. The van der Waals surface area contributed by atoms with Crippen LogP contribution < -0.4 is 5.32 Å². The lowest BCUT2D eigenvalue weighted by molar-refractivity contribution is -0.122. The summed E-state index contributed by atoms with van der Waals surface area (Å²) in [6.07, 6.45) is 3.09. The van der Waals surface area contributed by atoms with Crippen LogP contribution in [0.5, 0.6) is 0 Å². The number of nitrogens with zero attached hydrogens (tertiary/aromatic N) is 2. The molecule has 1 aliphatic rings. The highest BCUT2D eigenvalue weighted by Crippen LogP contribution is 2.42. The molecule has 2 rings (SSSR count). The molecular formula is C17H23N3O2S. The van der Waals surface area contributed by atoms with Crippen LogP contribution in [0.4, 0.5) is 0 Å². The Labute approximate surface area is 141 Å². The van der Waals surface area contributed by atoms with E-state index in [4.69, 9.17) is 9.41 Å². The number of aliphatic imine (C=N–C) groups is 1. The fourth-order valence-electron chi connectivity index (χ4n) is 2.72. The second-order valence-electron chi connectivity index (χ2n) is 6.00. The average molecular weight is 333 g/mol. The van der Waals surface area contributed by atoms with E-state index in [1.165, 1.54) is 18.0 Å². The van der Waals surface area contributed by atoms with Gasteiger partial charge in [-0.3, -0.25) is 9.79 Å². The number of furan rings is 1. The second-order valence-corrected chi connectivity index (χ2v) is 7.12. The minimum atomic E-state index is -0.771. The summed E-state index contributed by atoms with van der Waals surface area (Å²) in [6, 6.07) is 4.71. The van der Waals surface area contributed by atoms with E-state index in [2.05, 4.69) is 39.1 Å². The van der Waals surface area contributed by atoms with Gasteiger partial charge in [0, 0.05) is 5.92 Å². The average Bonchev–Trinajstić information content (AvgIpc) is 3.20. The van der Waals surface area contributed by atoms with Gasteiger partial charge < -0.3 is 9.73 Å². The maximum atomic E-state index is 12.8. The number of carbonyl (C=O) groups is 1. The molecule has 2 atom stereocenters. The van der Waals surface area contributed by atoms with Crippen LogP contribution in [0.25, 0.3) is 0 Å². The van der Waals surface area contributed by atoms with Crippen LogP contribution in [0.3, 0.4) is 0 Å². The molecule has 2 unspecified atom stereocenters. The van der Waals surface area contributed by atoms with Gasteiger partial charge in [-0.2, -0.15) is 5.26 Å². The first-order chi connectivity index (χ1) is 11.0. The molecule has 1 aromatic heterocycles. The molecule has 0 aliphatic carbocycles. The normalized spacial score (nSPS) is 20.9. The summed E-state index contributed by atoms with van der Waals surface area (Å²) in [4.78, 5) is 17.7. The van der Waals surface area contributed by atoms with E-state index in [1.807, 2.05) is 0 Å². The first-order valence-electron chi connectivity index (χ1n) is 7.97. The Hall–Kier alpha value is -1.74. The van der Waals surface area contributed by atoms with Gasteiger partial charge in [-0.15, -0.1) is 0 Å². The molecule has 0 bridgehead atoms. The monoisotopic (exact) mass is 333 g/mol. The number of thioether (sulfide) groups is 1. The largest absolute Gasteiger partial charge is 0.466 e. The summed E-state index contributed by atoms with van der Waals surface area (Å²) in [5.41, 5.74) is -0.391. The molecule has 0 radical (unpaired) electrons. The summed E-state index contributed by atoms with van der Waals surface area (Å²) in [7, 11) is 0. The summed E-state index contributed by atoms with van der Waals surface area (Å²) in [6.45, 7) is 8.29. The van der Waals surface area contributed by atoms with Crippen LogP contribution >= 0.6 is 11.8 Å². The highest BCUT2D eigenvalue weighted by Gasteiger charge is 2.47. The Bertz CT molecular complexity index is 612. The topological polar surface area (TPSA) is 78.4 Å². The molecule has 0 spiro atoms. The van der Waals surface area contributed by atoms with Crippen molar-refractivity contribution in [3.05, 3.63) is 24.2 Å². The van der Waals surface area contributed by atoms with Crippen LogP contribution in [0.1, 0.15) is 52.3 Å². The van der Waals surface area contributed by atoms with Gasteiger partial charge in [0.05, 0.1) is 22.9 Å². The van der Waals surface area contributed by atoms with Gasteiger partial charge in [-0.1, -0.05) is 39.5 Å². The second kappa shape index (κ2) is 7.22. The number of rotatable bonds is 6.